The molecule has 0 aliphatic carbocycles. The Morgan fingerprint density at radius 3 is 2.50 bits per heavy atom. The number of nitrogens with zero attached hydrogens (tertiary/aromatic N) is 2. The maximum absolute atomic E-state index is 10.8. The standard InChI is InChI=1S/C7H5BrN2O3S/c1-4-2-6(10-9)7(3-5(4)8)14(11,12)13/h2-3H,1H3/p+1. The average molecular weight is 278 g/mol. The molecule has 0 saturated heterocycles. The summed E-state index contributed by atoms with van der Waals surface area (Å²) in [5.74, 6) is 0. The van der Waals surface area contributed by atoms with Gasteiger partial charge in [-0.3, -0.25) is 4.55 Å². The van der Waals surface area contributed by atoms with Crippen molar-refractivity contribution >= 4 is 31.7 Å². The first-order valence-corrected chi connectivity index (χ1v) is 5.72. The lowest BCUT2D eigenvalue weighted by Crippen LogP contribution is -1.98. The number of hydrogen-bond donors (Lipinski definition) is 1. The van der Waals surface area contributed by atoms with Gasteiger partial charge < -0.3 is 0 Å². The summed E-state index contributed by atoms with van der Waals surface area (Å²) in [4.78, 5) is 2.35. The first kappa shape index (κ1) is 11.1. The molecule has 0 heterocycles. The van der Waals surface area contributed by atoms with Gasteiger partial charge in [-0.2, -0.15) is 8.42 Å². The molecule has 1 aromatic carbocycles. The third kappa shape index (κ3) is 2.09. The molecule has 0 aliphatic rings. The highest BCUT2D eigenvalue weighted by atomic mass is 79.9. The van der Waals surface area contributed by atoms with Gasteiger partial charge in [0.05, 0.1) is 0 Å². The minimum Gasteiger partial charge on any atom is -0.282 e. The van der Waals surface area contributed by atoms with Crippen LogP contribution < -0.4 is 0 Å². The lowest BCUT2D eigenvalue weighted by atomic mass is 10.2. The van der Waals surface area contributed by atoms with E-state index in [1.54, 1.807) is 6.92 Å². The van der Waals surface area contributed by atoms with Gasteiger partial charge in [-0.25, -0.2) is 0 Å². The molecule has 0 aliphatic heterocycles. The minimum atomic E-state index is -4.37. The Labute approximate surface area is 89.3 Å². The van der Waals surface area contributed by atoms with Gasteiger partial charge in [0.2, 0.25) is 5.39 Å². The van der Waals surface area contributed by atoms with Gasteiger partial charge >= 0.3 is 15.8 Å². The molecule has 0 spiro atoms. The van der Waals surface area contributed by atoms with Crippen molar-refractivity contribution in [3.8, 4) is 0 Å². The van der Waals surface area contributed by atoms with E-state index in [2.05, 4.69) is 20.9 Å². The van der Waals surface area contributed by atoms with Crippen LogP contribution in [0.3, 0.4) is 0 Å². The SMILES string of the molecule is Cc1cc([N+]#N)c(S(=O)(=O)O)cc1Br. The molecule has 1 aromatic rings. The number of halogens is 1. The molecule has 14 heavy (non-hydrogen) atoms. The van der Waals surface area contributed by atoms with Crippen LogP contribution in [0, 0.1) is 12.3 Å². The third-order valence-corrected chi connectivity index (χ3v) is 3.36. The van der Waals surface area contributed by atoms with E-state index in [0.717, 1.165) is 0 Å². The summed E-state index contributed by atoms with van der Waals surface area (Å²) in [7, 11) is -4.37. The first-order valence-electron chi connectivity index (χ1n) is 3.49. The van der Waals surface area contributed by atoms with Crippen molar-refractivity contribution in [2.24, 2.45) is 0 Å². The number of rotatable bonds is 1. The smallest absolute Gasteiger partial charge is 0.282 e. The highest BCUT2D eigenvalue weighted by Crippen LogP contribution is 2.30. The maximum Gasteiger partial charge on any atom is 0.406 e. The van der Waals surface area contributed by atoms with Crippen LogP contribution in [0.1, 0.15) is 5.56 Å². The zero-order chi connectivity index (χ0) is 10.9. The Hall–Kier alpha value is -0.970. The largest absolute Gasteiger partial charge is 0.406 e. The lowest BCUT2D eigenvalue weighted by molar-refractivity contribution is 0.483. The zero-order valence-electron chi connectivity index (χ0n) is 7.10. The number of diazo groups is 1. The van der Waals surface area contributed by atoms with Crippen molar-refractivity contribution in [3.63, 3.8) is 0 Å². The number of aryl methyl sites for hydroxylation is 1. The van der Waals surface area contributed by atoms with Gasteiger partial charge in [0.15, 0.2) is 9.87 Å². The van der Waals surface area contributed by atoms with E-state index >= 15 is 0 Å². The number of benzene rings is 1. The second-order valence-corrected chi connectivity index (χ2v) is 4.89. The van der Waals surface area contributed by atoms with Gasteiger partial charge in [0.25, 0.3) is 0 Å². The molecule has 0 amide bonds. The van der Waals surface area contributed by atoms with Gasteiger partial charge in [-0.05, 0) is 18.6 Å². The summed E-state index contributed by atoms with van der Waals surface area (Å²) in [6.07, 6.45) is 0. The van der Waals surface area contributed by atoms with Crippen molar-refractivity contribution in [2.75, 3.05) is 0 Å². The van der Waals surface area contributed by atoms with Crippen LogP contribution in [0.5, 0.6) is 0 Å². The minimum absolute atomic E-state index is 0.187. The molecule has 0 fully saturated rings. The van der Waals surface area contributed by atoms with Crippen LogP contribution in [0.15, 0.2) is 21.5 Å². The molecular weight excluding hydrogens is 272 g/mol. The zero-order valence-corrected chi connectivity index (χ0v) is 9.50. The predicted octanol–water partition coefficient (Wildman–Crippen LogP) is 2.49. The topological polar surface area (TPSA) is 82.5 Å². The van der Waals surface area contributed by atoms with E-state index in [4.69, 9.17) is 9.95 Å². The van der Waals surface area contributed by atoms with Crippen LogP contribution in [-0.2, 0) is 10.1 Å². The lowest BCUT2D eigenvalue weighted by Gasteiger charge is -1.97. The van der Waals surface area contributed by atoms with Crippen LogP contribution >= 0.6 is 15.9 Å². The molecule has 7 heteroatoms. The monoisotopic (exact) mass is 277 g/mol. The first-order chi connectivity index (χ1) is 6.36. The van der Waals surface area contributed by atoms with Gasteiger partial charge in [0, 0.05) is 10.5 Å². The summed E-state index contributed by atoms with van der Waals surface area (Å²) in [5, 5.41) is 8.53. The fourth-order valence-electron chi connectivity index (χ4n) is 0.933. The van der Waals surface area contributed by atoms with E-state index in [1.807, 2.05) is 0 Å². The number of hydrogen-bond acceptors (Lipinski definition) is 3. The van der Waals surface area contributed by atoms with Crippen LogP contribution in [-0.4, -0.2) is 13.0 Å². The summed E-state index contributed by atoms with van der Waals surface area (Å²) < 4.78 is 31.0. The van der Waals surface area contributed by atoms with E-state index in [1.165, 1.54) is 12.1 Å². The molecule has 1 rings (SSSR count). The summed E-state index contributed by atoms with van der Waals surface area (Å²) >= 11 is 3.10. The quantitative estimate of drug-likeness (QED) is 0.632. The highest BCUT2D eigenvalue weighted by Gasteiger charge is 2.25. The molecule has 0 radical (unpaired) electrons. The molecule has 1 N–H and O–H groups in total. The Morgan fingerprint density at radius 1 is 1.50 bits per heavy atom. The van der Waals surface area contributed by atoms with Crippen molar-refractivity contribution in [1.29, 1.82) is 5.39 Å². The van der Waals surface area contributed by atoms with E-state index < -0.39 is 15.0 Å². The van der Waals surface area contributed by atoms with Crippen LogP contribution in [0.4, 0.5) is 5.69 Å². The van der Waals surface area contributed by atoms with Crippen LogP contribution in [0.2, 0.25) is 0 Å². The maximum atomic E-state index is 10.8. The van der Waals surface area contributed by atoms with E-state index in [0.29, 0.717) is 10.0 Å². The van der Waals surface area contributed by atoms with Gasteiger partial charge in [-0.15, -0.1) is 0 Å². The molecule has 5 nitrogen and oxygen atoms in total. The van der Waals surface area contributed by atoms with Gasteiger partial charge in [0.1, 0.15) is 0 Å². The second kappa shape index (κ2) is 3.65. The second-order valence-electron chi connectivity index (χ2n) is 2.64. The third-order valence-electron chi connectivity index (χ3n) is 1.63. The van der Waals surface area contributed by atoms with Gasteiger partial charge in [-0.1, -0.05) is 15.9 Å². The summed E-state index contributed by atoms with van der Waals surface area (Å²) in [6.45, 7) is 1.70. The summed E-state index contributed by atoms with van der Waals surface area (Å²) in [5.41, 5.74) is 0.512. The molecular formula is C7H6BrN2O3S+. The molecule has 0 unspecified atom stereocenters. The fourth-order valence-corrected chi connectivity index (χ4v) is 2.06. The predicted molar refractivity (Wildman–Crippen MR) is 53.4 cm³/mol. The van der Waals surface area contributed by atoms with Crippen LogP contribution in [0.25, 0.3) is 4.98 Å². The molecule has 0 atom stereocenters. The molecule has 74 valence electrons. The van der Waals surface area contributed by atoms with E-state index in [9.17, 15) is 8.42 Å². The highest BCUT2D eigenvalue weighted by molar-refractivity contribution is 9.10. The Balaban J connectivity index is 3.61. The average Bonchev–Trinajstić information content (AvgIpc) is 2.07. The molecule has 0 bridgehead atoms. The van der Waals surface area contributed by atoms with Crippen molar-refractivity contribution in [3.05, 3.63) is 27.1 Å². The van der Waals surface area contributed by atoms with E-state index in [-0.39, 0.29) is 5.69 Å². The Morgan fingerprint density at radius 2 is 2.07 bits per heavy atom. The van der Waals surface area contributed by atoms with Crippen molar-refractivity contribution in [2.45, 2.75) is 11.8 Å². The van der Waals surface area contributed by atoms with Crippen molar-refractivity contribution in [1.82, 2.24) is 0 Å². The van der Waals surface area contributed by atoms with Crippen molar-refractivity contribution < 1.29 is 13.0 Å². The Kier molecular flexibility index (Phi) is 2.89. The molecule has 0 aromatic heterocycles. The summed E-state index contributed by atoms with van der Waals surface area (Å²) in [6, 6.07) is 2.52. The Bertz CT molecular complexity index is 518. The molecule has 0 saturated carbocycles. The normalized spacial score (nSPS) is 11.0. The fraction of sp³-hybridized carbons (Fsp3) is 0.143.